The molecule has 0 bridgehead atoms. The quantitative estimate of drug-likeness (QED) is 0.792. The highest BCUT2D eigenvalue weighted by Gasteiger charge is 2.21. The van der Waals surface area contributed by atoms with Gasteiger partial charge in [-0.2, -0.15) is 4.98 Å². The molecule has 104 valence electrons. The van der Waals surface area contributed by atoms with Crippen molar-refractivity contribution in [2.75, 3.05) is 31.7 Å². The Morgan fingerprint density at radius 1 is 1.53 bits per heavy atom. The fourth-order valence-corrected chi connectivity index (χ4v) is 2.26. The Morgan fingerprint density at radius 3 is 3.11 bits per heavy atom. The summed E-state index contributed by atoms with van der Waals surface area (Å²) in [6.07, 6.45) is 7.58. The number of hydrogen-bond donors (Lipinski definition) is 1. The Hall–Kier alpha value is -1.33. The molecular formula is C14H21N3O2. The van der Waals surface area contributed by atoms with Crippen LogP contribution in [0.1, 0.15) is 25.0 Å². The minimum absolute atomic E-state index is 0.703. The molecule has 0 radical (unpaired) electrons. The van der Waals surface area contributed by atoms with E-state index >= 15 is 0 Å². The molecule has 3 rings (SSSR count). The maximum absolute atomic E-state index is 5.57. The first-order valence-corrected chi connectivity index (χ1v) is 6.95. The molecule has 5 nitrogen and oxygen atoms in total. The molecule has 0 spiro atoms. The van der Waals surface area contributed by atoms with Crippen LogP contribution in [-0.4, -0.2) is 37.8 Å². The molecule has 1 aliphatic heterocycles. The Bertz CT molecular complexity index is 451. The average molecular weight is 263 g/mol. The van der Waals surface area contributed by atoms with Gasteiger partial charge in [-0.3, -0.25) is 0 Å². The monoisotopic (exact) mass is 263 g/mol. The fourth-order valence-electron chi connectivity index (χ4n) is 2.26. The molecule has 2 aliphatic rings. The van der Waals surface area contributed by atoms with Crippen molar-refractivity contribution in [3.8, 4) is 0 Å². The van der Waals surface area contributed by atoms with Gasteiger partial charge in [0.1, 0.15) is 6.26 Å². The fraction of sp³-hybridized carbons (Fsp3) is 0.643. The number of anilines is 1. The lowest BCUT2D eigenvalue weighted by Crippen LogP contribution is -2.29. The number of aromatic nitrogens is 1. The van der Waals surface area contributed by atoms with Crippen LogP contribution in [0.3, 0.4) is 0 Å². The summed E-state index contributed by atoms with van der Waals surface area (Å²) in [4.78, 5) is 6.71. The maximum Gasteiger partial charge on any atom is 0.297 e. The highest BCUT2D eigenvalue weighted by molar-refractivity contribution is 5.32. The van der Waals surface area contributed by atoms with E-state index in [1.165, 1.54) is 18.4 Å². The zero-order chi connectivity index (χ0) is 13.1. The molecule has 0 amide bonds. The maximum atomic E-state index is 5.57. The first-order chi connectivity index (χ1) is 9.35. The van der Waals surface area contributed by atoms with Gasteiger partial charge >= 0.3 is 0 Å². The van der Waals surface area contributed by atoms with Crippen LogP contribution in [0.2, 0.25) is 0 Å². The van der Waals surface area contributed by atoms with Crippen LogP contribution in [0, 0.1) is 0 Å². The van der Waals surface area contributed by atoms with Gasteiger partial charge in [0.2, 0.25) is 0 Å². The lowest BCUT2D eigenvalue weighted by atomic mass is 10.1. The van der Waals surface area contributed by atoms with Gasteiger partial charge in [-0.25, -0.2) is 0 Å². The van der Waals surface area contributed by atoms with Crippen molar-refractivity contribution in [2.24, 2.45) is 0 Å². The SMILES string of the molecule is COCC1=CCN(c2nc(CNC3CC3)co2)CC1. The van der Waals surface area contributed by atoms with Crippen molar-refractivity contribution >= 4 is 6.01 Å². The number of ether oxygens (including phenoxy) is 1. The third-order valence-electron chi connectivity index (χ3n) is 3.59. The number of oxazole rings is 1. The van der Waals surface area contributed by atoms with Gasteiger partial charge in [0.25, 0.3) is 6.01 Å². The van der Waals surface area contributed by atoms with Crippen LogP contribution in [-0.2, 0) is 11.3 Å². The summed E-state index contributed by atoms with van der Waals surface area (Å²) >= 11 is 0. The molecule has 0 unspecified atom stereocenters. The molecule has 1 aromatic heterocycles. The molecule has 1 aromatic rings. The third-order valence-corrected chi connectivity index (χ3v) is 3.59. The molecule has 1 saturated carbocycles. The third kappa shape index (κ3) is 3.36. The molecule has 0 aromatic carbocycles. The smallest absolute Gasteiger partial charge is 0.297 e. The first kappa shape index (κ1) is 12.7. The molecule has 1 fully saturated rings. The number of hydrogen-bond acceptors (Lipinski definition) is 5. The Morgan fingerprint density at radius 2 is 2.42 bits per heavy atom. The zero-order valence-corrected chi connectivity index (χ0v) is 11.4. The second-order valence-electron chi connectivity index (χ2n) is 5.27. The number of rotatable bonds is 6. The zero-order valence-electron chi connectivity index (χ0n) is 11.4. The van der Waals surface area contributed by atoms with E-state index < -0.39 is 0 Å². The molecule has 2 heterocycles. The van der Waals surface area contributed by atoms with Gasteiger partial charge in [-0.15, -0.1) is 0 Å². The van der Waals surface area contributed by atoms with Gasteiger partial charge in [0, 0.05) is 32.8 Å². The number of nitrogens with zero attached hydrogens (tertiary/aromatic N) is 2. The summed E-state index contributed by atoms with van der Waals surface area (Å²) in [7, 11) is 1.74. The van der Waals surface area contributed by atoms with Crippen LogP contribution in [0.15, 0.2) is 22.3 Å². The van der Waals surface area contributed by atoms with Gasteiger partial charge in [0.15, 0.2) is 0 Å². The van der Waals surface area contributed by atoms with Crippen LogP contribution in [0.5, 0.6) is 0 Å². The van der Waals surface area contributed by atoms with Crippen molar-refractivity contribution in [2.45, 2.75) is 31.8 Å². The minimum Gasteiger partial charge on any atom is -0.432 e. The summed E-state index contributed by atoms with van der Waals surface area (Å²) in [6.45, 7) is 3.35. The predicted octanol–water partition coefficient (Wildman–Crippen LogP) is 1.71. The molecule has 1 N–H and O–H groups in total. The number of nitrogens with one attached hydrogen (secondary N) is 1. The van der Waals surface area contributed by atoms with E-state index in [9.17, 15) is 0 Å². The summed E-state index contributed by atoms with van der Waals surface area (Å²) in [6, 6.07) is 1.44. The number of methoxy groups -OCH3 is 1. The van der Waals surface area contributed by atoms with Crippen molar-refractivity contribution < 1.29 is 9.15 Å². The lowest BCUT2D eigenvalue weighted by Gasteiger charge is -2.24. The summed E-state index contributed by atoms with van der Waals surface area (Å²) in [5.41, 5.74) is 2.36. The molecule has 1 aliphatic carbocycles. The predicted molar refractivity (Wildman–Crippen MR) is 73.2 cm³/mol. The van der Waals surface area contributed by atoms with Crippen LogP contribution in [0.25, 0.3) is 0 Å². The van der Waals surface area contributed by atoms with Crippen molar-refractivity contribution in [1.29, 1.82) is 0 Å². The molecule has 19 heavy (non-hydrogen) atoms. The Balaban J connectivity index is 1.54. The molecule has 0 saturated heterocycles. The summed E-state index contributed by atoms with van der Waals surface area (Å²) in [5, 5.41) is 3.44. The lowest BCUT2D eigenvalue weighted by molar-refractivity contribution is 0.222. The van der Waals surface area contributed by atoms with E-state index in [4.69, 9.17) is 9.15 Å². The van der Waals surface area contributed by atoms with E-state index in [2.05, 4.69) is 21.3 Å². The van der Waals surface area contributed by atoms with Gasteiger partial charge in [-0.1, -0.05) is 6.08 Å². The van der Waals surface area contributed by atoms with E-state index in [1.807, 2.05) is 0 Å². The van der Waals surface area contributed by atoms with E-state index in [1.54, 1.807) is 13.4 Å². The van der Waals surface area contributed by atoms with Crippen LogP contribution in [0.4, 0.5) is 6.01 Å². The Labute approximate surface area is 113 Å². The Kier molecular flexibility index (Phi) is 3.84. The standard InChI is InChI=1S/C14H21N3O2/c1-18-9-11-4-6-17(7-5-11)14-16-13(10-19-14)8-15-12-2-3-12/h4,10,12,15H,2-3,5-9H2,1H3. The van der Waals surface area contributed by atoms with Gasteiger partial charge < -0.3 is 19.4 Å². The average Bonchev–Trinajstić information content (AvgIpc) is 3.15. The summed E-state index contributed by atoms with van der Waals surface area (Å²) in [5.74, 6) is 0. The van der Waals surface area contributed by atoms with Gasteiger partial charge in [-0.05, 0) is 24.8 Å². The molecule has 0 atom stereocenters. The van der Waals surface area contributed by atoms with Crippen LogP contribution >= 0.6 is 0 Å². The topological polar surface area (TPSA) is 50.5 Å². The van der Waals surface area contributed by atoms with Crippen LogP contribution < -0.4 is 10.2 Å². The van der Waals surface area contributed by atoms with E-state index in [-0.39, 0.29) is 0 Å². The highest BCUT2D eigenvalue weighted by Crippen LogP contribution is 2.21. The second-order valence-corrected chi connectivity index (χ2v) is 5.27. The van der Waals surface area contributed by atoms with Crippen molar-refractivity contribution in [1.82, 2.24) is 10.3 Å². The molecular weight excluding hydrogens is 242 g/mol. The molecule has 5 heteroatoms. The highest BCUT2D eigenvalue weighted by atomic mass is 16.5. The second kappa shape index (κ2) is 5.75. The van der Waals surface area contributed by atoms with E-state index in [0.29, 0.717) is 6.04 Å². The normalized spacial score (nSPS) is 19.6. The van der Waals surface area contributed by atoms with Gasteiger partial charge in [0.05, 0.1) is 12.3 Å². The van der Waals surface area contributed by atoms with E-state index in [0.717, 1.165) is 44.4 Å². The summed E-state index contributed by atoms with van der Waals surface area (Å²) < 4.78 is 10.7. The first-order valence-electron chi connectivity index (χ1n) is 6.95. The van der Waals surface area contributed by atoms with Crippen molar-refractivity contribution in [3.05, 3.63) is 23.6 Å². The van der Waals surface area contributed by atoms with Crippen molar-refractivity contribution in [3.63, 3.8) is 0 Å². The minimum atomic E-state index is 0.703. The largest absolute Gasteiger partial charge is 0.432 e.